The standard InChI is InChI=1S/C19H27N5OS.HI/c1-4-15-7-6-8-16(11-15)24-17(25)13-23-19(20-5-2)21-10-9-18-22-12-14(3)26-18;/h6-8,11-12H,4-5,9-10,13H2,1-3H3,(H,24,25)(H2,20,21,23);1H. The second-order valence-electron chi connectivity index (χ2n) is 5.84. The molecule has 0 unspecified atom stereocenters. The van der Waals surface area contributed by atoms with Crippen LogP contribution in [-0.4, -0.2) is 36.5 Å². The predicted octanol–water partition coefficient (Wildman–Crippen LogP) is 3.37. The predicted molar refractivity (Wildman–Crippen MR) is 124 cm³/mol. The van der Waals surface area contributed by atoms with Crippen molar-refractivity contribution in [2.45, 2.75) is 33.6 Å². The fourth-order valence-corrected chi connectivity index (χ4v) is 3.15. The third-order valence-electron chi connectivity index (χ3n) is 3.64. The van der Waals surface area contributed by atoms with E-state index in [4.69, 9.17) is 0 Å². The van der Waals surface area contributed by atoms with Crippen molar-refractivity contribution in [2.75, 3.05) is 25.0 Å². The first-order chi connectivity index (χ1) is 12.6. The topological polar surface area (TPSA) is 78.4 Å². The minimum atomic E-state index is -0.133. The second-order valence-corrected chi connectivity index (χ2v) is 7.16. The van der Waals surface area contributed by atoms with Gasteiger partial charge >= 0.3 is 0 Å². The van der Waals surface area contributed by atoms with Crippen LogP contribution in [0, 0.1) is 6.92 Å². The lowest BCUT2D eigenvalue weighted by Gasteiger charge is -2.11. The molecular weight excluding hydrogens is 473 g/mol. The summed E-state index contributed by atoms with van der Waals surface area (Å²) in [7, 11) is 0. The molecule has 0 radical (unpaired) electrons. The van der Waals surface area contributed by atoms with Crippen LogP contribution in [0.4, 0.5) is 5.69 Å². The van der Waals surface area contributed by atoms with Crippen LogP contribution in [0.2, 0.25) is 0 Å². The molecule has 0 spiro atoms. The van der Waals surface area contributed by atoms with Crippen molar-refractivity contribution in [2.24, 2.45) is 4.99 Å². The van der Waals surface area contributed by atoms with E-state index in [9.17, 15) is 4.79 Å². The van der Waals surface area contributed by atoms with Crippen LogP contribution in [0.25, 0.3) is 0 Å². The molecule has 6 nitrogen and oxygen atoms in total. The SMILES string of the molecule is CCNC(=NCC(=O)Nc1cccc(CC)c1)NCCc1ncc(C)s1.I. The van der Waals surface area contributed by atoms with Crippen molar-refractivity contribution in [1.29, 1.82) is 0 Å². The molecule has 0 bridgehead atoms. The minimum Gasteiger partial charge on any atom is -0.357 e. The van der Waals surface area contributed by atoms with Crippen molar-refractivity contribution in [1.82, 2.24) is 15.6 Å². The van der Waals surface area contributed by atoms with Gasteiger partial charge in [0.25, 0.3) is 0 Å². The number of anilines is 1. The summed E-state index contributed by atoms with van der Waals surface area (Å²) in [6, 6.07) is 7.87. The van der Waals surface area contributed by atoms with E-state index in [1.807, 2.05) is 37.4 Å². The number of hydrogen-bond acceptors (Lipinski definition) is 4. The number of carbonyl (C=O) groups excluding carboxylic acids is 1. The molecule has 1 amide bonds. The van der Waals surface area contributed by atoms with Crippen LogP contribution in [0.3, 0.4) is 0 Å². The molecule has 2 rings (SSSR count). The highest BCUT2D eigenvalue weighted by molar-refractivity contribution is 14.0. The molecule has 0 atom stereocenters. The molecule has 2 aromatic rings. The van der Waals surface area contributed by atoms with Crippen LogP contribution in [0.5, 0.6) is 0 Å². The number of rotatable bonds is 8. The highest BCUT2D eigenvalue weighted by Gasteiger charge is 2.04. The molecule has 1 heterocycles. The summed E-state index contributed by atoms with van der Waals surface area (Å²) in [4.78, 5) is 22.1. The molecule has 148 valence electrons. The molecule has 27 heavy (non-hydrogen) atoms. The summed E-state index contributed by atoms with van der Waals surface area (Å²) in [5.74, 6) is 0.504. The average Bonchev–Trinajstić information content (AvgIpc) is 3.05. The van der Waals surface area contributed by atoms with Gasteiger partial charge in [0, 0.05) is 36.3 Å². The first-order valence-corrected chi connectivity index (χ1v) is 9.74. The van der Waals surface area contributed by atoms with Gasteiger partial charge in [0.2, 0.25) is 5.91 Å². The Hall–Kier alpha value is -1.68. The largest absolute Gasteiger partial charge is 0.357 e. The van der Waals surface area contributed by atoms with E-state index >= 15 is 0 Å². The first kappa shape index (κ1) is 23.4. The summed E-state index contributed by atoms with van der Waals surface area (Å²) in [5, 5.41) is 10.4. The number of benzene rings is 1. The maximum absolute atomic E-state index is 12.1. The fourth-order valence-electron chi connectivity index (χ4n) is 2.37. The number of aryl methyl sites for hydroxylation is 2. The highest BCUT2D eigenvalue weighted by Crippen LogP contribution is 2.11. The molecule has 0 aliphatic carbocycles. The van der Waals surface area contributed by atoms with Gasteiger partial charge in [-0.2, -0.15) is 0 Å². The van der Waals surface area contributed by atoms with Crippen LogP contribution >= 0.6 is 35.3 Å². The molecule has 1 aromatic heterocycles. The normalized spacial score (nSPS) is 10.9. The van der Waals surface area contributed by atoms with E-state index in [0.29, 0.717) is 5.96 Å². The number of halogens is 1. The summed E-state index contributed by atoms with van der Waals surface area (Å²) in [5.41, 5.74) is 2.00. The number of amides is 1. The Labute approximate surface area is 182 Å². The van der Waals surface area contributed by atoms with Gasteiger partial charge in [-0.05, 0) is 38.0 Å². The van der Waals surface area contributed by atoms with Crippen molar-refractivity contribution >= 4 is 52.9 Å². The van der Waals surface area contributed by atoms with Crippen LogP contribution in [-0.2, 0) is 17.6 Å². The molecule has 0 aliphatic heterocycles. The van der Waals surface area contributed by atoms with Crippen molar-refractivity contribution in [3.05, 3.63) is 45.9 Å². The summed E-state index contributed by atoms with van der Waals surface area (Å²) >= 11 is 1.70. The van der Waals surface area contributed by atoms with E-state index in [0.717, 1.165) is 36.6 Å². The number of aliphatic imine (C=N–C) groups is 1. The Kier molecular flexibility index (Phi) is 11.0. The van der Waals surface area contributed by atoms with Gasteiger partial charge in [0.05, 0.1) is 5.01 Å². The van der Waals surface area contributed by atoms with Gasteiger partial charge in [-0.25, -0.2) is 9.98 Å². The average molecular weight is 501 g/mol. The van der Waals surface area contributed by atoms with Gasteiger partial charge in [-0.15, -0.1) is 35.3 Å². The van der Waals surface area contributed by atoms with E-state index in [-0.39, 0.29) is 36.4 Å². The summed E-state index contributed by atoms with van der Waals surface area (Å²) < 4.78 is 0. The number of hydrogen-bond donors (Lipinski definition) is 3. The molecule has 0 saturated heterocycles. The zero-order valence-corrected chi connectivity index (χ0v) is 19.2. The van der Waals surface area contributed by atoms with E-state index in [1.54, 1.807) is 11.3 Å². The van der Waals surface area contributed by atoms with E-state index in [2.05, 4.69) is 39.8 Å². The summed E-state index contributed by atoms with van der Waals surface area (Å²) in [6.07, 6.45) is 3.66. The van der Waals surface area contributed by atoms with Crippen molar-refractivity contribution in [3.8, 4) is 0 Å². The Morgan fingerprint density at radius 3 is 2.74 bits per heavy atom. The number of nitrogens with zero attached hydrogens (tertiary/aromatic N) is 2. The second kappa shape index (κ2) is 12.7. The lowest BCUT2D eigenvalue weighted by atomic mass is 10.1. The quantitative estimate of drug-likeness (QED) is 0.295. The Morgan fingerprint density at radius 1 is 1.26 bits per heavy atom. The maximum atomic E-state index is 12.1. The smallest absolute Gasteiger partial charge is 0.246 e. The lowest BCUT2D eigenvalue weighted by Crippen LogP contribution is -2.39. The van der Waals surface area contributed by atoms with Crippen LogP contribution < -0.4 is 16.0 Å². The molecule has 8 heteroatoms. The highest BCUT2D eigenvalue weighted by atomic mass is 127. The van der Waals surface area contributed by atoms with E-state index in [1.165, 1.54) is 10.4 Å². The van der Waals surface area contributed by atoms with E-state index < -0.39 is 0 Å². The third kappa shape index (κ3) is 8.70. The van der Waals surface area contributed by atoms with Crippen LogP contribution in [0.15, 0.2) is 35.5 Å². The lowest BCUT2D eigenvalue weighted by molar-refractivity contribution is -0.114. The number of carbonyl (C=O) groups is 1. The Balaban J connectivity index is 0.00000364. The van der Waals surface area contributed by atoms with Crippen molar-refractivity contribution < 1.29 is 4.79 Å². The maximum Gasteiger partial charge on any atom is 0.246 e. The fraction of sp³-hybridized carbons (Fsp3) is 0.421. The molecule has 1 aromatic carbocycles. The minimum absolute atomic E-state index is 0. The third-order valence-corrected chi connectivity index (χ3v) is 4.62. The van der Waals surface area contributed by atoms with Gasteiger partial charge in [0.1, 0.15) is 6.54 Å². The first-order valence-electron chi connectivity index (χ1n) is 8.93. The molecule has 0 saturated carbocycles. The Morgan fingerprint density at radius 2 is 2.07 bits per heavy atom. The molecule has 3 N–H and O–H groups in total. The van der Waals surface area contributed by atoms with Gasteiger partial charge in [-0.3, -0.25) is 4.79 Å². The molecule has 0 aliphatic rings. The monoisotopic (exact) mass is 501 g/mol. The Bertz CT molecular complexity index is 747. The zero-order chi connectivity index (χ0) is 18.8. The number of guanidine groups is 1. The molecular formula is C19H28IN5OS. The van der Waals surface area contributed by atoms with Gasteiger partial charge in [-0.1, -0.05) is 19.1 Å². The van der Waals surface area contributed by atoms with Gasteiger partial charge < -0.3 is 16.0 Å². The van der Waals surface area contributed by atoms with Crippen molar-refractivity contribution in [3.63, 3.8) is 0 Å². The number of thiazole rings is 1. The van der Waals surface area contributed by atoms with Crippen LogP contribution in [0.1, 0.15) is 29.3 Å². The number of aromatic nitrogens is 1. The van der Waals surface area contributed by atoms with Gasteiger partial charge in [0.15, 0.2) is 5.96 Å². The summed E-state index contributed by atoms with van der Waals surface area (Å²) in [6.45, 7) is 7.67. The number of nitrogens with one attached hydrogen (secondary N) is 3. The zero-order valence-electron chi connectivity index (χ0n) is 16.0. The molecule has 0 fully saturated rings.